The van der Waals surface area contributed by atoms with Crippen LogP contribution in [0.15, 0.2) is 54.6 Å². The summed E-state index contributed by atoms with van der Waals surface area (Å²) in [5, 5.41) is 3.13. The molecule has 2 amide bonds. The summed E-state index contributed by atoms with van der Waals surface area (Å²) in [5.41, 5.74) is 3.49. The molecule has 0 aromatic heterocycles. The van der Waals surface area contributed by atoms with Gasteiger partial charge in [0, 0.05) is 25.9 Å². The molecular weight excluding hydrogens is 336 g/mol. The van der Waals surface area contributed by atoms with Gasteiger partial charge >= 0.3 is 0 Å². The Hall–Kier alpha value is -2.62. The zero-order valence-electron chi connectivity index (χ0n) is 16.3. The number of hydrogen-bond acceptors (Lipinski definition) is 2. The first-order valence-electron chi connectivity index (χ1n) is 9.61. The molecule has 0 radical (unpaired) electrons. The molecule has 3 atom stereocenters. The lowest BCUT2D eigenvalue weighted by Crippen LogP contribution is -2.47. The average Bonchev–Trinajstić information content (AvgIpc) is 2.68. The largest absolute Gasteiger partial charge is 0.349 e. The lowest BCUT2D eigenvalue weighted by molar-refractivity contribution is -0.134. The summed E-state index contributed by atoms with van der Waals surface area (Å²) in [7, 11) is 0. The van der Waals surface area contributed by atoms with Gasteiger partial charge in [0.1, 0.15) is 0 Å². The van der Waals surface area contributed by atoms with Crippen LogP contribution in [0.2, 0.25) is 0 Å². The number of hydrogen-bond donors (Lipinski definition) is 1. The number of rotatable bonds is 4. The molecule has 1 aliphatic heterocycles. The molecule has 4 nitrogen and oxygen atoms in total. The van der Waals surface area contributed by atoms with E-state index < -0.39 is 0 Å². The maximum Gasteiger partial charge on any atom is 0.225 e. The van der Waals surface area contributed by atoms with Gasteiger partial charge in [-0.3, -0.25) is 9.59 Å². The Bertz CT molecular complexity index is 803. The lowest BCUT2D eigenvalue weighted by atomic mass is 9.83. The molecule has 1 N–H and O–H groups in total. The minimum atomic E-state index is -0.195. The van der Waals surface area contributed by atoms with E-state index in [-0.39, 0.29) is 29.7 Å². The van der Waals surface area contributed by atoms with Gasteiger partial charge in [0.15, 0.2) is 0 Å². The van der Waals surface area contributed by atoms with Crippen molar-refractivity contribution >= 4 is 11.8 Å². The van der Waals surface area contributed by atoms with Crippen molar-refractivity contribution in [3.8, 4) is 0 Å². The second-order valence-corrected chi connectivity index (χ2v) is 7.61. The summed E-state index contributed by atoms with van der Waals surface area (Å²) in [6, 6.07) is 18.3. The molecule has 2 aromatic rings. The van der Waals surface area contributed by atoms with E-state index in [0.29, 0.717) is 13.1 Å². The van der Waals surface area contributed by atoms with Crippen LogP contribution in [0.4, 0.5) is 0 Å². The fourth-order valence-electron chi connectivity index (χ4n) is 3.87. The normalized spacial score (nSPS) is 20.8. The Morgan fingerprint density at radius 1 is 1.07 bits per heavy atom. The summed E-state index contributed by atoms with van der Waals surface area (Å²) in [5.74, 6) is 0.0425. The number of nitrogens with zero attached hydrogens (tertiary/aromatic N) is 1. The van der Waals surface area contributed by atoms with Crippen molar-refractivity contribution in [2.75, 3.05) is 13.1 Å². The molecule has 0 bridgehead atoms. The molecule has 1 aliphatic rings. The summed E-state index contributed by atoms with van der Waals surface area (Å²) in [6.45, 7) is 6.82. The Morgan fingerprint density at radius 3 is 2.48 bits per heavy atom. The van der Waals surface area contributed by atoms with E-state index in [2.05, 4.69) is 30.4 Å². The van der Waals surface area contributed by atoms with Gasteiger partial charge in [-0.15, -0.1) is 0 Å². The smallest absolute Gasteiger partial charge is 0.225 e. The number of amides is 2. The quantitative estimate of drug-likeness (QED) is 0.896. The van der Waals surface area contributed by atoms with Crippen molar-refractivity contribution in [1.29, 1.82) is 0 Å². The summed E-state index contributed by atoms with van der Waals surface area (Å²) >= 11 is 0. The highest BCUT2D eigenvalue weighted by atomic mass is 16.2. The van der Waals surface area contributed by atoms with Crippen molar-refractivity contribution < 1.29 is 9.59 Å². The molecule has 0 spiro atoms. The molecule has 2 aromatic carbocycles. The molecular formula is C23H28N2O2. The van der Waals surface area contributed by atoms with Crippen molar-refractivity contribution in [3.05, 3.63) is 71.3 Å². The Balaban J connectivity index is 1.74. The predicted octanol–water partition coefficient (Wildman–Crippen LogP) is 3.82. The maximum absolute atomic E-state index is 12.9. The van der Waals surface area contributed by atoms with E-state index in [1.165, 1.54) is 11.1 Å². The number of benzene rings is 2. The lowest BCUT2D eigenvalue weighted by Gasteiger charge is -2.37. The standard InChI is InChI=1S/C23H28N2O2/c1-16-8-7-11-20(12-16)21-13-22(15-25(14-21)18(3)26)23(27)24-17(2)19-9-5-4-6-10-19/h4-12,17,21-22H,13-15H2,1-3H3,(H,24,27)/t17-,21-,22-/m1/s1. The Morgan fingerprint density at radius 2 is 1.81 bits per heavy atom. The molecule has 1 saturated heterocycles. The second-order valence-electron chi connectivity index (χ2n) is 7.61. The number of piperidine rings is 1. The van der Waals surface area contributed by atoms with Gasteiger partial charge in [0.05, 0.1) is 12.0 Å². The van der Waals surface area contributed by atoms with Crippen molar-refractivity contribution in [2.24, 2.45) is 5.92 Å². The third-order valence-electron chi connectivity index (χ3n) is 5.44. The second kappa shape index (κ2) is 8.38. The zero-order valence-corrected chi connectivity index (χ0v) is 16.3. The van der Waals surface area contributed by atoms with Gasteiger partial charge in [0.25, 0.3) is 0 Å². The summed E-state index contributed by atoms with van der Waals surface area (Å²) in [4.78, 5) is 26.8. The SMILES string of the molecule is CC(=O)N1C[C@H](C(=O)N[C@H](C)c2ccccc2)C[C@@H](c2cccc(C)c2)C1. The summed E-state index contributed by atoms with van der Waals surface area (Å²) in [6.07, 6.45) is 0.764. The van der Waals surface area contributed by atoms with Gasteiger partial charge in [-0.25, -0.2) is 0 Å². The fraction of sp³-hybridized carbons (Fsp3) is 0.391. The van der Waals surface area contributed by atoms with E-state index in [1.54, 1.807) is 6.92 Å². The first kappa shape index (κ1) is 19.2. The van der Waals surface area contributed by atoms with Crippen molar-refractivity contribution in [3.63, 3.8) is 0 Å². The van der Waals surface area contributed by atoms with Gasteiger partial charge in [0.2, 0.25) is 11.8 Å². The molecule has 0 unspecified atom stereocenters. The molecule has 27 heavy (non-hydrogen) atoms. The summed E-state index contributed by atoms with van der Waals surface area (Å²) < 4.78 is 0. The fourth-order valence-corrected chi connectivity index (χ4v) is 3.87. The Labute approximate surface area is 161 Å². The Kier molecular flexibility index (Phi) is 5.94. The van der Waals surface area contributed by atoms with Gasteiger partial charge in [-0.05, 0) is 31.4 Å². The van der Waals surface area contributed by atoms with Crippen LogP contribution in [0.5, 0.6) is 0 Å². The monoisotopic (exact) mass is 364 g/mol. The van der Waals surface area contributed by atoms with Crippen LogP contribution in [-0.2, 0) is 9.59 Å². The van der Waals surface area contributed by atoms with E-state index in [0.717, 1.165) is 12.0 Å². The highest BCUT2D eigenvalue weighted by Gasteiger charge is 2.34. The molecule has 0 saturated carbocycles. The molecule has 0 aliphatic carbocycles. The minimum Gasteiger partial charge on any atom is -0.349 e. The van der Waals surface area contributed by atoms with Gasteiger partial charge < -0.3 is 10.2 Å². The number of nitrogens with one attached hydrogen (secondary N) is 1. The van der Waals surface area contributed by atoms with Gasteiger partial charge in [-0.2, -0.15) is 0 Å². The molecule has 1 fully saturated rings. The van der Waals surface area contributed by atoms with E-state index in [4.69, 9.17) is 0 Å². The van der Waals surface area contributed by atoms with Crippen LogP contribution in [-0.4, -0.2) is 29.8 Å². The molecule has 1 heterocycles. The van der Waals surface area contributed by atoms with Gasteiger partial charge in [-0.1, -0.05) is 60.2 Å². The van der Waals surface area contributed by atoms with E-state index in [9.17, 15) is 9.59 Å². The maximum atomic E-state index is 12.9. The van der Waals surface area contributed by atoms with Crippen molar-refractivity contribution in [2.45, 2.75) is 39.2 Å². The van der Waals surface area contributed by atoms with E-state index >= 15 is 0 Å². The van der Waals surface area contributed by atoms with Crippen LogP contribution in [0, 0.1) is 12.8 Å². The number of likely N-dealkylation sites (tertiary alicyclic amines) is 1. The third-order valence-corrected chi connectivity index (χ3v) is 5.44. The molecule has 4 heteroatoms. The van der Waals surface area contributed by atoms with Crippen molar-refractivity contribution in [1.82, 2.24) is 10.2 Å². The minimum absolute atomic E-state index is 0.0231. The third kappa shape index (κ3) is 4.76. The number of carbonyl (C=O) groups is 2. The van der Waals surface area contributed by atoms with Crippen LogP contribution in [0.3, 0.4) is 0 Å². The first-order valence-corrected chi connectivity index (χ1v) is 9.61. The van der Waals surface area contributed by atoms with Crippen LogP contribution in [0.25, 0.3) is 0 Å². The zero-order chi connectivity index (χ0) is 19.4. The number of aryl methyl sites for hydroxylation is 1. The highest BCUT2D eigenvalue weighted by Crippen LogP contribution is 2.31. The first-order chi connectivity index (χ1) is 12.9. The number of carbonyl (C=O) groups excluding carboxylic acids is 2. The molecule has 3 rings (SSSR count). The average molecular weight is 364 g/mol. The predicted molar refractivity (Wildman–Crippen MR) is 107 cm³/mol. The topological polar surface area (TPSA) is 49.4 Å². The van der Waals surface area contributed by atoms with Crippen LogP contribution in [0.1, 0.15) is 48.9 Å². The van der Waals surface area contributed by atoms with E-state index in [1.807, 2.05) is 48.2 Å². The highest BCUT2D eigenvalue weighted by molar-refractivity contribution is 5.81. The molecule has 142 valence electrons. The van der Waals surface area contributed by atoms with Crippen LogP contribution >= 0.6 is 0 Å². The van der Waals surface area contributed by atoms with Crippen LogP contribution < -0.4 is 5.32 Å².